The lowest BCUT2D eigenvalue weighted by Gasteiger charge is -2.09. The molecule has 1 aromatic heterocycles. The number of hydrogen-bond acceptors (Lipinski definition) is 4. The smallest absolute Gasteiger partial charge is 0.334 e. The molecular weight excluding hydrogens is 369 g/mol. The molecule has 0 atom stereocenters. The third kappa shape index (κ3) is 3.48. The Morgan fingerprint density at radius 1 is 1.15 bits per heavy atom. The van der Waals surface area contributed by atoms with Gasteiger partial charge in [0.1, 0.15) is 0 Å². The zero-order valence-corrected chi connectivity index (χ0v) is 14.3. The molecule has 3 rings (SSSR count). The van der Waals surface area contributed by atoms with Crippen LogP contribution in [0.15, 0.2) is 47.4 Å². The molecule has 2 aromatic rings. The van der Waals surface area contributed by atoms with Crippen molar-refractivity contribution >= 4 is 21.2 Å². The predicted octanol–water partition coefficient (Wildman–Crippen LogP) is 3.41. The van der Waals surface area contributed by atoms with Crippen LogP contribution in [0.25, 0.3) is 16.8 Å². The first-order valence-electron chi connectivity index (χ1n) is 7.45. The number of hydrogen-bond donors (Lipinski definition) is 1. The van der Waals surface area contributed by atoms with Gasteiger partial charge in [0.25, 0.3) is 0 Å². The van der Waals surface area contributed by atoms with Crippen LogP contribution in [0.2, 0.25) is 0 Å². The van der Waals surface area contributed by atoms with Gasteiger partial charge in [-0.3, -0.25) is 4.79 Å². The number of allylic oxidation sites excluding steroid dienone is 4. The van der Waals surface area contributed by atoms with Crippen molar-refractivity contribution in [2.45, 2.75) is 17.5 Å². The molecule has 0 radical (unpaired) electrons. The largest absolute Gasteiger partial charge is 0.449 e. The second kappa shape index (κ2) is 6.24. The molecule has 136 valence electrons. The number of rotatable bonds is 3. The quantitative estimate of drug-likeness (QED) is 0.882. The average Bonchev–Trinajstić information content (AvgIpc) is 3.00. The summed E-state index contributed by atoms with van der Waals surface area (Å²) in [6.45, 7) is 0. The predicted molar refractivity (Wildman–Crippen MR) is 88.9 cm³/mol. The van der Waals surface area contributed by atoms with Crippen LogP contribution in [0.4, 0.5) is 13.2 Å². The maximum absolute atomic E-state index is 13.1. The highest BCUT2D eigenvalue weighted by Gasteiger charge is 2.37. The van der Waals surface area contributed by atoms with Gasteiger partial charge in [-0.1, -0.05) is 24.3 Å². The molecule has 9 heteroatoms. The number of benzene rings is 1. The number of ketones is 1. The molecular formula is C17H13F3N2O3S. The number of sulfone groups is 1. The number of Topliss-reactive ketones (excluding diaryl/α,β-unsaturated/α-hetero) is 1. The summed E-state index contributed by atoms with van der Waals surface area (Å²) in [5.74, 6) is -1.56. The van der Waals surface area contributed by atoms with Crippen molar-refractivity contribution in [3.63, 3.8) is 0 Å². The number of halogens is 3. The number of carbonyl (C=O) groups is 1. The molecule has 5 nitrogen and oxygen atoms in total. The molecule has 1 aliphatic rings. The van der Waals surface area contributed by atoms with E-state index < -0.39 is 21.8 Å². The molecule has 0 spiro atoms. The first-order valence-corrected chi connectivity index (χ1v) is 9.34. The molecule has 0 saturated heterocycles. The fourth-order valence-electron chi connectivity index (χ4n) is 2.54. The third-order valence-corrected chi connectivity index (χ3v) is 4.93. The second-order valence-electron chi connectivity index (χ2n) is 5.74. The Hall–Kier alpha value is -2.68. The summed E-state index contributed by atoms with van der Waals surface area (Å²) in [7, 11) is -3.44. The first kappa shape index (κ1) is 18.1. The number of carbonyl (C=O) groups excluding carboxylic acids is 1. The van der Waals surface area contributed by atoms with Crippen LogP contribution in [0.1, 0.15) is 17.9 Å². The summed E-state index contributed by atoms with van der Waals surface area (Å²) >= 11 is 0. The van der Waals surface area contributed by atoms with Gasteiger partial charge in [0.05, 0.1) is 16.3 Å². The van der Waals surface area contributed by atoms with E-state index in [0.29, 0.717) is 0 Å². The fraction of sp³-hybridized carbons (Fsp3) is 0.176. The van der Waals surface area contributed by atoms with Crippen molar-refractivity contribution in [1.82, 2.24) is 9.97 Å². The van der Waals surface area contributed by atoms with E-state index in [2.05, 4.69) is 9.97 Å². The first-order chi connectivity index (χ1) is 12.1. The Morgan fingerprint density at radius 2 is 1.81 bits per heavy atom. The highest BCUT2D eigenvalue weighted by atomic mass is 32.2. The molecule has 1 aromatic carbocycles. The van der Waals surface area contributed by atoms with Gasteiger partial charge >= 0.3 is 6.18 Å². The van der Waals surface area contributed by atoms with E-state index in [9.17, 15) is 26.4 Å². The van der Waals surface area contributed by atoms with Gasteiger partial charge in [-0.2, -0.15) is 13.2 Å². The Balaban J connectivity index is 2.17. The minimum Gasteiger partial charge on any atom is -0.334 e. The maximum atomic E-state index is 13.1. The zero-order valence-electron chi connectivity index (χ0n) is 13.5. The number of nitrogens with zero attached hydrogens (tertiary/aromatic N) is 1. The average molecular weight is 382 g/mol. The summed E-state index contributed by atoms with van der Waals surface area (Å²) in [6, 6.07) is 5.29. The Bertz CT molecular complexity index is 1030. The summed E-state index contributed by atoms with van der Waals surface area (Å²) in [5.41, 5.74) is 0.256. The van der Waals surface area contributed by atoms with Crippen molar-refractivity contribution < 1.29 is 26.4 Å². The Morgan fingerprint density at radius 3 is 2.35 bits per heavy atom. The number of aromatic amines is 1. The summed E-state index contributed by atoms with van der Waals surface area (Å²) in [5, 5.41) is 0. The molecule has 1 heterocycles. The molecule has 0 fully saturated rings. The second-order valence-corrected chi connectivity index (χ2v) is 7.75. The molecule has 0 aliphatic heterocycles. The molecule has 1 aliphatic carbocycles. The van der Waals surface area contributed by atoms with Crippen LogP contribution in [0.5, 0.6) is 0 Å². The van der Waals surface area contributed by atoms with Crippen LogP contribution >= 0.6 is 0 Å². The van der Waals surface area contributed by atoms with Gasteiger partial charge in [-0.05, 0) is 18.2 Å². The van der Waals surface area contributed by atoms with Gasteiger partial charge in [-0.25, -0.2) is 13.4 Å². The molecule has 26 heavy (non-hydrogen) atoms. The maximum Gasteiger partial charge on any atom is 0.449 e. The fourth-order valence-corrected chi connectivity index (χ4v) is 3.17. The van der Waals surface area contributed by atoms with Gasteiger partial charge in [0, 0.05) is 23.8 Å². The third-order valence-electron chi connectivity index (χ3n) is 3.80. The van der Waals surface area contributed by atoms with Gasteiger partial charge < -0.3 is 4.98 Å². The highest BCUT2D eigenvalue weighted by Crippen LogP contribution is 2.35. The molecule has 0 amide bonds. The van der Waals surface area contributed by atoms with Gasteiger partial charge in [0.15, 0.2) is 15.6 Å². The van der Waals surface area contributed by atoms with Crippen LogP contribution in [-0.2, 0) is 20.8 Å². The van der Waals surface area contributed by atoms with Crippen LogP contribution in [0, 0.1) is 0 Å². The molecule has 0 bridgehead atoms. The SMILES string of the molecule is CS(=O)(=O)c1ccc(-c2nc(C(F)(F)F)[nH]c2C2=CC=CCC2=O)cc1. The van der Waals surface area contributed by atoms with E-state index in [1.54, 1.807) is 12.2 Å². The number of aromatic nitrogens is 2. The number of H-pyrrole nitrogens is 1. The van der Waals surface area contributed by atoms with E-state index in [1.165, 1.54) is 30.3 Å². The standard InChI is InChI=1S/C17H13F3N2O3S/c1-26(24,25)11-8-6-10(7-9-11)14-15(12-4-2-3-5-13(12)23)22-16(21-14)17(18,19)20/h2-4,6-9H,5H2,1H3,(H,21,22). The zero-order chi connectivity index (χ0) is 19.1. The Kier molecular flexibility index (Phi) is 4.35. The number of imidazole rings is 1. The normalized spacial score (nSPS) is 15.2. The van der Waals surface area contributed by atoms with E-state index in [0.717, 1.165) is 6.26 Å². The summed E-state index contributed by atoms with van der Waals surface area (Å²) < 4.78 is 62.4. The van der Waals surface area contributed by atoms with Crippen molar-refractivity contribution in [3.8, 4) is 11.3 Å². The number of nitrogens with one attached hydrogen (secondary N) is 1. The van der Waals surface area contributed by atoms with Crippen molar-refractivity contribution in [3.05, 3.63) is 54.0 Å². The van der Waals surface area contributed by atoms with Crippen LogP contribution in [-0.4, -0.2) is 30.4 Å². The minimum atomic E-state index is -4.71. The lowest BCUT2D eigenvalue weighted by molar-refractivity contribution is -0.144. The number of alkyl halides is 3. The van der Waals surface area contributed by atoms with Crippen molar-refractivity contribution in [2.75, 3.05) is 6.26 Å². The van der Waals surface area contributed by atoms with Gasteiger partial charge in [0.2, 0.25) is 5.82 Å². The lowest BCUT2D eigenvalue weighted by atomic mass is 9.97. The van der Waals surface area contributed by atoms with Crippen LogP contribution < -0.4 is 0 Å². The van der Waals surface area contributed by atoms with E-state index in [1.807, 2.05) is 0 Å². The van der Waals surface area contributed by atoms with Crippen molar-refractivity contribution in [1.29, 1.82) is 0 Å². The topological polar surface area (TPSA) is 79.9 Å². The minimum absolute atomic E-state index is 0.0327. The van der Waals surface area contributed by atoms with E-state index in [-0.39, 0.29) is 39.6 Å². The van der Waals surface area contributed by atoms with Gasteiger partial charge in [-0.15, -0.1) is 0 Å². The van der Waals surface area contributed by atoms with E-state index in [4.69, 9.17) is 0 Å². The lowest BCUT2D eigenvalue weighted by Crippen LogP contribution is -2.08. The summed E-state index contributed by atoms with van der Waals surface area (Å²) in [4.78, 5) is 17.9. The molecule has 1 N–H and O–H groups in total. The Labute approximate surface area is 147 Å². The molecule has 0 saturated carbocycles. The monoisotopic (exact) mass is 382 g/mol. The van der Waals surface area contributed by atoms with Crippen LogP contribution in [0.3, 0.4) is 0 Å². The highest BCUT2D eigenvalue weighted by molar-refractivity contribution is 7.90. The van der Waals surface area contributed by atoms with Crippen molar-refractivity contribution in [2.24, 2.45) is 0 Å². The summed E-state index contributed by atoms with van der Waals surface area (Å²) in [6.07, 6.45) is 1.01. The van der Waals surface area contributed by atoms with E-state index >= 15 is 0 Å². The molecule has 0 unspecified atom stereocenters.